The van der Waals surface area contributed by atoms with Crippen molar-refractivity contribution in [3.05, 3.63) is 29.6 Å². The van der Waals surface area contributed by atoms with Gasteiger partial charge in [0.05, 0.1) is 6.61 Å². The fourth-order valence-corrected chi connectivity index (χ4v) is 1.25. The van der Waals surface area contributed by atoms with E-state index < -0.39 is 5.82 Å². The van der Waals surface area contributed by atoms with Crippen molar-refractivity contribution in [3.63, 3.8) is 0 Å². The van der Waals surface area contributed by atoms with Gasteiger partial charge < -0.3 is 10.1 Å². The molecule has 88 valence electrons. The summed E-state index contributed by atoms with van der Waals surface area (Å²) in [4.78, 5) is 11.0. The summed E-state index contributed by atoms with van der Waals surface area (Å²) in [5.41, 5.74) is 0.725. The summed E-state index contributed by atoms with van der Waals surface area (Å²) >= 11 is 0. The molecule has 0 atom stereocenters. The van der Waals surface area contributed by atoms with Crippen LogP contribution < -0.4 is 10.1 Å². The van der Waals surface area contributed by atoms with Crippen LogP contribution in [0.5, 0.6) is 5.75 Å². The Morgan fingerprint density at radius 2 is 2.19 bits per heavy atom. The second-order valence-corrected chi connectivity index (χ2v) is 3.33. The molecule has 0 aliphatic heterocycles. The molecule has 0 aliphatic rings. The highest BCUT2D eigenvalue weighted by Gasteiger charge is 2.04. The average Bonchev–Trinajstić information content (AvgIpc) is 2.29. The molecule has 0 fully saturated rings. The molecule has 16 heavy (non-hydrogen) atoms. The van der Waals surface area contributed by atoms with Crippen molar-refractivity contribution in [2.75, 3.05) is 6.61 Å². The fourth-order valence-electron chi connectivity index (χ4n) is 1.25. The number of rotatable bonds is 5. The van der Waals surface area contributed by atoms with Gasteiger partial charge in [-0.25, -0.2) is 4.39 Å². The van der Waals surface area contributed by atoms with Gasteiger partial charge in [0, 0.05) is 13.0 Å². The number of hydrogen-bond donors (Lipinski definition) is 1. The van der Waals surface area contributed by atoms with E-state index in [9.17, 15) is 9.18 Å². The maximum atomic E-state index is 13.4. The number of benzene rings is 1. The van der Waals surface area contributed by atoms with E-state index in [1.807, 2.05) is 0 Å². The lowest BCUT2D eigenvalue weighted by Crippen LogP contribution is -2.21. The first-order valence-electron chi connectivity index (χ1n) is 5.35. The molecular formula is C12H16FNO2. The van der Waals surface area contributed by atoms with Crippen LogP contribution in [-0.2, 0) is 11.3 Å². The Labute approximate surface area is 94.6 Å². The maximum absolute atomic E-state index is 13.4. The highest BCUT2D eigenvalue weighted by atomic mass is 19.1. The van der Waals surface area contributed by atoms with Gasteiger partial charge in [-0.3, -0.25) is 4.79 Å². The normalized spacial score (nSPS) is 9.94. The Hall–Kier alpha value is -1.58. The zero-order valence-electron chi connectivity index (χ0n) is 9.55. The molecule has 0 aromatic heterocycles. The minimum atomic E-state index is -0.398. The zero-order chi connectivity index (χ0) is 12.0. The van der Waals surface area contributed by atoms with Crippen molar-refractivity contribution in [1.29, 1.82) is 0 Å². The molecule has 3 nitrogen and oxygen atoms in total. The summed E-state index contributed by atoms with van der Waals surface area (Å²) in [6.45, 7) is 4.35. The summed E-state index contributed by atoms with van der Waals surface area (Å²) in [5.74, 6) is -0.201. The molecule has 0 saturated carbocycles. The molecule has 1 amide bonds. The lowest BCUT2D eigenvalue weighted by Gasteiger charge is -2.07. The molecular weight excluding hydrogens is 209 g/mol. The van der Waals surface area contributed by atoms with Gasteiger partial charge in [0.2, 0.25) is 5.91 Å². The van der Waals surface area contributed by atoms with Crippen LogP contribution in [0.25, 0.3) is 0 Å². The lowest BCUT2D eigenvalue weighted by molar-refractivity contribution is -0.120. The Morgan fingerprint density at radius 3 is 2.75 bits per heavy atom. The van der Waals surface area contributed by atoms with E-state index in [1.54, 1.807) is 26.0 Å². The summed E-state index contributed by atoms with van der Waals surface area (Å²) < 4.78 is 18.5. The molecule has 0 spiro atoms. The van der Waals surface area contributed by atoms with Crippen molar-refractivity contribution in [1.82, 2.24) is 5.32 Å². The smallest absolute Gasteiger partial charge is 0.219 e. The van der Waals surface area contributed by atoms with Gasteiger partial charge in [-0.1, -0.05) is 13.0 Å². The third-order valence-electron chi connectivity index (χ3n) is 2.11. The van der Waals surface area contributed by atoms with Crippen LogP contribution in [0.2, 0.25) is 0 Å². The van der Waals surface area contributed by atoms with Crippen LogP contribution >= 0.6 is 0 Å². The lowest BCUT2D eigenvalue weighted by atomic mass is 10.2. The minimum absolute atomic E-state index is 0.0470. The van der Waals surface area contributed by atoms with Crippen molar-refractivity contribution in [2.24, 2.45) is 0 Å². The number of amides is 1. The SMILES string of the molecule is CCOc1ccc(CNC(=O)CC)cc1F. The van der Waals surface area contributed by atoms with Crippen molar-refractivity contribution < 1.29 is 13.9 Å². The Morgan fingerprint density at radius 1 is 1.44 bits per heavy atom. The Kier molecular flexibility index (Phi) is 4.76. The third-order valence-corrected chi connectivity index (χ3v) is 2.11. The summed E-state index contributed by atoms with van der Waals surface area (Å²) in [7, 11) is 0. The first-order chi connectivity index (χ1) is 7.67. The Balaban J connectivity index is 2.62. The number of halogens is 1. The molecule has 1 aromatic rings. The van der Waals surface area contributed by atoms with Crippen LogP contribution in [0.4, 0.5) is 4.39 Å². The standard InChI is InChI=1S/C12H16FNO2/c1-3-12(15)14-8-9-5-6-11(16-4-2)10(13)7-9/h5-7H,3-4,8H2,1-2H3,(H,14,15). The number of carbonyl (C=O) groups excluding carboxylic acids is 1. The van der Waals surface area contributed by atoms with Gasteiger partial charge in [0.1, 0.15) is 0 Å². The van der Waals surface area contributed by atoms with Gasteiger partial charge in [-0.2, -0.15) is 0 Å². The predicted molar refractivity (Wildman–Crippen MR) is 59.7 cm³/mol. The van der Waals surface area contributed by atoms with E-state index in [1.165, 1.54) is 6.07 Å². The number of nitrogens with one attached hydrogen (secondary N) is 1. The molecule has 1 rings (SSSR count). The summed E-state index contributed by atoms with van der Waals surface area (Å²) in [6, 6.07) is 4.69. The van der Waals surface area contributed by atoms with Crippen molar-refractivity contribution in [2.45, 2.75) is 26.8 Å². The quantitative estimate of drug-likeness (QED) is 0.834. The van der Waals surface area contributed by atoms with Gasteiger partial charge >= 0.3 is 0 Å². The molecule has 1 aromatic carbocycles. The van der Waals surface area contributed by atoms with Crippen molar-refractivity contribution >= 4 is 5.91 Å². The molecule has 0 heterocycles. The van der Waals surface area contributed by atoms with Gasteiger partial charge in [-0.05, 0) is 24.6 Å². The molecule has 4 heteroatoms. The molecule has 1 N–H and O–H groups in total. The largest absolute Gasteiger partial charge is 0.491 e. The van der Waals surface area contributed by atoms with Gasteiger partial charge in [0.15, 0.2) is 11.6 Å². The molecule has 0 saturated heterocycles. The summed E-state index contributed by atoms with van der Waals surface area (Å²) in [5, 5.41) is 2.68. The average molecular weight is 225 g/mol. The number of hydrogen-bond acceptors (Lipinski definition) is 2. The molecule has 0 aliphatic carbocycles. The maximum Gasteiger partial charge on any atom is 0.219 e. The summed E-state index contributed by atoms with van der Waals surface area (Å²) in [6.07, 6.45) is 0.430. The fraction of sp³-hybridized carbons (Fsp3) is 0.417. The van der Waals surface area contributed by atoms with E-state index in [4.69, 9.17) is 4.74 Å². The first-order valence-corrected chi connectivity index (χ1v) is 5.35. The third kappa shape index (κ3) is 3.53. The molecule has 0 bridgehead atoms. The van der Waals surface area contributed by atoms with E-state index in [0.717, 1.165) is 5.56 Å². The highest BCUT2D eigenvalue weighted by molar-refractivity contribution is 5.75. The van der Waals surface area contributed by atoms with E-state index in [2.05, 4.69) is 5.32 Å². The predicted octanol–water partition coefficient (Wildman–Crippen LogP) is 2.25. The van der Waals surface area contributed by atoms with Gasteiger partial charge in [-0.15, -0.1) is 0 Å². The molecule has 0 radical (unpaired) electrons. The second kappa shape index (κ2) is 6.10. The van der Waals surface area contributed by atoms with E-state index >= 15 is 0 Å². The van der Waals surface area contributed by atoms with Gasteiger partial charge in [0.25, 0.3) is 0 Å². The van der Waals surface area contributed by atoms with E-state index in [-0.39, 0.29) is 11.7 Å². The van der Waals surface area contributed by atoms with E-state index in [0.29, 0.717) is 19.6 Å². The van der Waals surface area contributed by atoms with Crippen LogP contribution in [0, 0.1) is 5.82 Å². The van der Waals surface area contributed by atoms with Crippen LogP contribution in [-0.4, -0.2) is 12.5 Å². The van der Waals surface area contributed by atoms with Crippen LogP contribution in [0.1, 0.15) is 25.8 Å². The second-order valence-electron chi connectivity index (χ2n) is 3.33. The highest BCUT2D eigenvalue weighted by Crippen LogP contribution is 2.18. The van der Waals surface area contributed by atoms with Crippen LogP contribution in [0.15, 0.2) is 18.2 Å². The van der Waals surface area contributed by atoms with Crippen molar-refractivity contribution in [3.8, 4) is 5.75 Å². The molecule has 0 unspecified atom stereocenters. The first kappa shape index (κ1) is 12.5. The Bertz CT molecular complexity index is 366. The zero-order valence-corrected chi connectivity index (χ0v) is 9.55. The minimum Gasteiger partial charge on any atom is -0.491 e. The monoisotopic (exact) mass is 225 g/mol. The topological polar surface area (TPSA) is 38.3 Å². The van der Waals surface area contributed by atoms with Crippen LogP contribution in [0.3, 0.4) is 0 Å². The number of ether oxygens (including phenoxy) is 1. The number of carbonyl (C=O) groups is 1.